The minimum atomic E-state index is -4.69. The third-order valence-electron chi connectivity index (χ3n) is 4.50. The Hall–Kier alpha value is -2.14. The van der Waals surface area contributed by atoms with Gasteiger partial charge in [-0.3, -0.25) is 0 Å². The molecule has 0 spiro atoms. The average Bonchev–Trinajstić information content (AvgIpc) is 3.16. The maximum atomic E-state index is 12.5. The molecule has 2 fully saturated rings. The van der Waals surface area contributed by atoms with E-state index in [0.717, 1.165) is 12.8 Å². The number of halogens is 3. The van der Waals surface area contributed by atoms with Gasteiger partial charge >= 0.3 is 12.1 Å². The van der Waals surface area contributed by atoms with Crippen LogP contribution in [0.4, 0.5) is 13.2 Å². The van der Waals surface area contributed by atoms with Crippen molar-refractivity contribution < 1.29 is 30.8 Å². The molecule has 1 atom stereocenters. The van der Waals surface area contributed by atoms with E-state index in [4.69, 9.17) is 4.74 Å². The van der Waals surface area contributed by atoms with Gasteiger partial charge < -0.3 is 9.26 Å². The molecule has 146 valence electrons. The van der Waals surface area contributed by atoms with E-state index in [1.165, 1.54) is 16.4 Å². The molecule has 0 bridgehead atoms. The third kappa shape index (κ3) is 3.79. The van der Waals surface area contributed by atoms with E-state index in [1.807, 2.05) is 0 Å². The van der Waals surface area contributed by atoms with Crippen LogP contribution in [0.15, 0.2) is 28.8 Å². The lowest BCUT2D eigenvalue weighted by Gasteiger charge is -2.17. The lowest BCUT2D eigenvalue weighted by molar-refractivity contribution is -0.159. The zero-order valence-electron chi connectivity index (χ0n) is 14.0. The first kappa shape index (κ1) is 18.2. The van der Waals surface area contributed by atoms with E-state index in [2.05, 4.69) is 14.7 Å². The molecule has 1 aromatic heterocycles. The van der Waals surface area contributed by atoms with E-state index in [-0.39, 0.29) is 17.2 Å². The zero-order valence-corrected chi connectivity index (χ0v) is 14.8. The van der Waals surface area contributed by atoms with E-state index < -0.39 is 22.1 Å². The summed E-state index contributed by atoms with van der Waals surface area (Å²) in [5, 5.41) is 3.08. The fourth-order valence-corrected chi connectivity index (χ4v) is 4.82. The number of nitrogens with zero attached hydrogens (tertiary/aromatic N) is 3. The molecule has 0 N–H and O–H groups in total. The lowest BCUT2D eigenvalue weighted by Crippen LogP contribution is -2.33. The topological polar surface area (TPSA) is 85.5 Å². The highest BCUT2D eigenvalue weighted by Gasteiger charge is 2.43. The van der Waals surface area contributed by atoms with E-state index >= 15 is 0 Å². The smallest absolute Gasteiger partial charge is 0.471 e. The molecule has 2 aromatic rings. The van der Waals surface area contributed by atoms with Gasteiger partial charge in [-0.1, -0.05) is 5.16 Å². The number of ether oxygens (including phenoxy) is 1. The summed E-state index contributed by atoms with van der Waals surface area (Å²) in [7, 11) is -3.21. The van der Waals surface area contributed by atoms with Gasteiger partial charge in [0.25, 0.3) is 0 Å². The number of benzene rings is 1. The van der Waals surface area contributed by atoms with Crippen molar-refractivity contribution in [2.24, 2.45) is 0 Å². The number of aromatic nitrogens is 2. The molecule has 2 heterocycles. The van der Waals surface area contributed by atoms with Gasteiger partial charge in [-0.15, -0.1) is 0 Å². The Kier molecular flexibility index (Phi) is 4.38. The Labute approximate surface area is 153 Å². The fraction of sp³-hybridized carbons (Fsp3) is 0.500. The van der Waals surface area contributed by atoms with Crippen molar-refractivity contribution >= 4 is 10.0 Å². The number of hydrogen-bond donors (Lipinski definition) is 0. The normalized spacial score (nSPS) is 21.5. The lowest BCUT2D eigenvalue weighted by atomic mass is 10.2. The molecule has 0 amide bonds. The summed E-state index contributed by atoms with van der Waals surface area (Å²) >= 11 is 0. The second-order valence-corrected chi connectivity index (χ2v) is 8.79. The predicted octanol–water partition coefficient (Wildman–Crippen LogP) is 2.70. The Morgan fingerprint density at radius 2 is 1.85 bits per heavy atom. The van der Waals surface area contributed by atoms with E-state index in [1.54, 1.807) is 12.1 Å². The molecule has 1 aromatic carbocycles. The van der Waals surface area contributed by atoms with Crippen LogP contribution in [-0.4, -0.2) is 47.3 Å². The van der Waals surface area contributed by atoms with Crippen LogP contribution in [-0.2, 0) is 16.2 Å². The second-order valence-electron chi connectivity index (χ2n) is 6.58. The van der Waals surface area contributed by atoms with Gasteiger partial charge in [0.15, 0.2) is 0 Å². The van der Waals surface area contributed by atoms with Crippen molar-refractivity contribution in [1.29, 1.82) is 0 Å². The summed E-state index contributed by atoms with van der Waals surface area (Å²) in [5.74, 6) is -1.08. The molecule has 1 saturated carbocycles. The zero-order chi connectivity index (χ0) is 19.2. The number of rotatable bonds is 5. The van der Waals surface area contributed by atoms with Gasteiger partial charge in [0.05, 0.1) is 11.8 Å². The van der Waals surface area contributed by atoms with Crippen molar-refractivity contribution in [3.63, 3.8) is 0 Å². The van der Waals surface area contributed by atoms with Crippen molar-refractivity contribution in [3.8, 4) is 17.1 Å². The van der Waals surface area contributed by atoms with Gasteiger partial charge in [-0.05, 0) is 43.5 Å². The van der Waals surface area contributed by atoms with Gasteiger partial charge in [0.2, 0.25) is 15.8 Å². The first-order valence-electron chi connectivity index (χ1n) is 8.40. The summed E-state index contributed by atoms with van der Waals surface area (Å²) in [6.07, 6.45) is -2.92. The van der Waals surface area contributed by atoms with Crippen molar-refractivity contribution in [1.82, 2.24) is 14.4 Å². The SMILES string of the molecule is O=S(=O)(C1CC1)N1CC[C@@H](Oc2ccc(-c3noc(C(F)(F)F)n3)cc2)C1. The molecule has 27 heavy (non-hydrogen) atoms. The fourth-order valence-electron chi connectivity index (χ4n) is 2.93. The largest absolute Gasteiger partial charge is 0.489 e. The molecular weight excluding hydrogens is 387 g/mol. The highest BCUT2D eigenvalue weighted by molar-refractivity contribution is 7.90. The van der Waals surface area contributed by atoms with Crippen LogP contribution in [0.5, 0.6) is 5.75 Å². The van der Waals surface area contributed by atoms with Gasteiger partial charge in [-0.2, -0.15) is 22.5 Å². The van der Waals surface area contributed by atoms with Gasteiger partial charge in [0, 0.05) is 12.1 Å². The Morgan fingerprint density at radius 3 is 2.44 bits per heavy atom. The molecule has 1 saturated heterocycles. The predicted molar refractivity (Wildman–Crippen MR) is 87.3 cm³/mol. The maximum Gasteiger partial charge on any atom is 0.471 e. The standard InChI is InChI=1S/C16H16F3N3O4S/c17-16(18,19)15-20-14(21-26-15)10-1-3-11(4-2-10)25-12-7-8-22(9-12)27(23,24)13-5-6-13/h1-4,12-13H,5-9H2/t12-/m1/s1. The summed E-state index contributed by atoms with van der Waals surface area (Å²) in [5.41, 5.74) is 0.353. The van der Waals surface area contributed by atoms with Crippen LogP contribution in [0.25, 0.3) is 11.4 Å². The second kappa shape index (κ2) is 6.48. The molecule has 2 aliphatic rings. The first-order chi connectivity index (χ1) is 12.7. The Bertz CT molecular complexity index is 923. The monoisotopic (exact) mass is 403 g/mol. The molecule has 4 rings (SSSR count). The van der Waals surface area contributed by atoms with E-state index in [9.17, 15) is 21.6 Å². The highest BCUT2D eigenvalue weighted by atomic mass is 32.2. The molecular formula is C16H16F3N3O4S. The van der Waals surface area contributed by atoms with Crippen LogP contribution in [0.1, 0.15) is 25.2 Å². The number of alkyl halides is 3. The maximum absolute atomic E-state index is 12.5. The van der Waals surface area contributed by atoms with Crippen molar-refractivity contribution in [3.05, 3.63) is 30.2 Å². The molecule has 7 nitrogen and oxygen atoms in total. The number of sulfonamides is 1. The summed E-state index contributed by atoms with van der Waals surface area (Å²) in [6.45, 7) is 0.741. The van der Waals surface area contributed by atoms with Gasteiger partial charge in [-0.25, -0.2) is 8.42 Å². The first-order valence-corrected chi connectivity index (χ1v) is 9.91. The van der Waals surface area contributed by atoms with Crippen LogP contribution < -0.4 is 4.74 Å². The van der Waals surface area contributed by atoms with Crippen molar-refractivity contribution in [2.75, 3.05) is 13.1 Å². The summed E-state index contributed by atoms with van der Waals surface area (Å²) in [4.78, 5) is 3.33. The Morgan fingerprint density at radius 1 is 1.15 bits per heavy atom. The van der Waals surface area contributed by atoms with Crippen LogP contribution in [0.2, 0.25) is 0 Å². The van der Waals surface area contributed by atoms with Crippen LogP contribution in [0, 0.1) is 0 Å². The van der Waals surface area contributed by atoms with Crippen molar-refractivity contribution in [2.45, 2.75) is 36.8 Å². The molecule has 1 aliphatic heterocycles. The minimum absolute atomic E-state index is 0.170. The molecule has 0 unspecified atom stereocenters. The average molecular weight is 403 g/mol. The summed E-state index contributed by atoms with van der Waals surface area (Å²) < 4.78 is 73.5. The quantitative estimate of drug-likeness (QED) is 0.763. The highest BCUT2D eigenvalue weighted by Crippen LogP contribution is 2.33. The van der Waals surface area contributed by atoms with Crippen LogP contribution >= 0.6 is 0 Å². The molecule has 1 aliphatic carbocycles. The summed E-state index contributed by atoms with van der Waals surface area (Å²) in [6, 6.07) is 6.20. The Balaban J connectivity index is 1.39. The number of hydrogen-bond acceptors (Lipinski definition) is 6. The minimum Gasteiger partial charge on any atom is -0.489 e. The van der Waals surface area contributed by atoms with Crippen LogP contribution in [0.3, 0.4) is 0 Å². The van der Waals surface area contributed by atoms with E-state index in [0.29, 0.717) is 30.8 Å². The third-order valence-corrected chi connectivity index (χ3v) is 6.86. The van der Waals surface area contributed by atoms with Gasteiger partial charge in [0.1, 0.15) is 11.9 Å². The molecule has 0 radical (unpaired) electrons. The molecule has 11 heteroatoms.